The van der Waals surface area contributed by atoms with Gasteiger partial charge in [0.05, 0.1) is 12.7 Å². The first-order valence-corrected chi connectivity index (χ1v) is 5.77. The van der Waals surface area contributed by atoms with Crippen LogP contribution in [-0.2, 0) is 9.47 Å². The third-order valence-corrected chi connectivity index (χ3v) is 3.22. The molecule has 80 valence electrons. The monoisotopic (exact) mass is 196 g/mol. The molecular formula is C12H20O2. The van der Waals surface area contributed by atoms with Gasteiger partial charge in [-0.3, -0.25) is 0 Å². The first kappa shape index (κ1) is 10.2. The molecule has 1 aliphatic carbocycles. The van der Waals surface area contributed by atoms with Crippen LogP contribution in [0.25, 0.3) is 0 Å². The number of hydrogen-bond donors (Lipinski definition) is 0. The van der Waals surface area contributed by atoms with Crippen molar-refractivity contribution in [1.82, 2.24) is 0 Å². The lowest BCUT2D eigenvalue weighted by Gasteiger charge is -2.31. The van der Waals surface area contributed by atoms with Gasteiger partial charge in [-0.15, -0.1) is 6.58 Å². The van der Waals surface area contributed by atoms with Crippen molar-refractivity contribution in [2.45, 2.75) is 56.8 Å². The van der Waals surface area contributed by atoms with Crippen molar-refractivity contribution in [3.63, 3.8) is 0 Å². The lowest BCUT2D eigenvalue weighted by atomic mass is 9.94. The summed E-state index contributed by atoms with van der Waals surface area (Å²) in [6, 6.07) is 0. The van der Waals surface area contributed by atoms with E-state index in [1.165, 1.54) is 19.3 Å². The van der Waals surface area contributed by atoms with Crippen LogP contribution in [0, 0.1) is 0 Å². The molecule has 0 aromatic rings. The topological polar surface area (TPSA) is 18.5 Å². The highest BCUT2D eigenvalue weighted by molar-refractivity contribution is 4.83. The van der Waals surface area contributed by atoms with Crippen molar-refractivity contribution < 1.29 is 9.47 Å². The van der Waals surface area contributed by atoms with Gasteiger partial charge in [-0.2, -0.15) is 0 Å². The summed E-state index contributed by atoms with van der Waals surface area (Å²) in [5.74, 6) is -0.190. The van der Waals surface area contributed by atoms with Crippen molar-refractivity contribution in [1.29, 1.82) is 0 Å². The molecule has 1 heterocycles. The van der Waals surface area contributed by atoms with E-state index in [1.54, 1.807) is 0 Å². The van der Waals surface area contributed by atoms with Gasteiger partial charge in [0.1, 0.15) is 0 Å². The van der Waals surface area contributed by atoms with Crippen LogP contribution < -0.4 is 0 Å². The summed E-state index contributed by atoms with van der Waals surface area (Å²) in [7, 11) is 0. The predicted molar refractivity (Wildman–Crippen MR) is 56.1 cm³/mol. The van der Waals surface area contributed by atoms with Crippen LogP contribution in [0.3, 0.4) is 0 Å². The van der Waals surface area contributed by atoms with Gasteiger partial charge in [0.2, 0.25) is 0 Å². The Balaban J connectivity index is 1.82. The second-order valence-corrected chi connectivity index (χ2v) is 4.39. The van der Waals surface area contributed by atoms with Crippen LogP contribution in [0.4, 0.5) is 0 Å². The van der Waals surface area contributed by atoms with Gasteiger partial charge in [-0.05, 0) is 25.7 Å². The molecule has 0 N–H and O–H groups in total. The molecule has 1 saturated carbocycles. The van der Waals surface area contributed by atoms with Crippen LogP contribution >= 0.6 is 0 Å². The van der Waals surface area contributed by atoms with E-state index in [4.69, 9.17) is 9.47 Å². The third kappa shape index (κ3) is 2.18. The summed E-state index contributed by atoms with van der Waals surface area (Å²) < 4.78 is 11.9. The average molecular weight is 196 g/mol. The standard InChI is InChI=1S/C12H20O2/c1-2-3-7-11-10-13-12(14-11)8-5-4-6-9-12/h2,11H,1,3-10H2/t11-/m1/s1. The van der Waals surface area contributed by atoms with E-state index in [-0.39, 0.29) is 5.79 Å². The van der Waals surface area contributed by atoms with E-state index < -0.39 is 0 Å². The van der Waals surface area contributed by atoms with Gasteiger partial charge in [-0.1, -0.05) is 12.5 Å². The highest BCUT2D eigenvalue weighted by atomic mass is 16.7. The molecule has 0 unspecified atom stereocenters. The molecule has 0 aromatic heterocycles. The number of allylic oxidation sites excluding steroid dienone is 1. The normalized spacial score (nSPS) is 30.7. The largest absolute Gasteiger partial charge is 0.347 e. The first-order chi connectivity index (χ1) is 6.85. The highest BCUT2D eigenvalue weighted by Crippen LogP contribution is 2.38. The SMILES string of the molecule is C=CCC[C@@H]1COC2(CCCCC2)O1. The Morgan fingerprint density at radius 1 is 1.29 bits per heavy atom. The number of hydrogen-bond acceptors (Lipinski definition) is 2. The summed E-state index contributed by atoms with van der Waals surface area (Å²) in [6.45, 7) is 4.51. The Hall–Kier alpha value is -0.340. The molecule has 0 bridgehead atoms. The van der Waals surface area contributed by atoms with Gasteiger partial charge in [0, 0.05) is 12.8 Å². The molecule has 0 aromatic carbocycles. The maximum Gasteiger partial charge on any atom is 0.168 e. The van der Waals surface area contributed by atoms with Crippen molar-refractivity contribution in [3.8, 4) is 0 Å². The summed E-state index contributed by atoms with van der Waals surface area (Å²) in [4.78, 5) is 0. The Bertz CT molecular complexity index is 194. The molecule has 1 saturated heterocycles. The van der Waals surface area contributed by atoms with Gasteiger partial charge in [0.25, 0.3) is 0 Å². The Morgan fingerprint density at radius 3 is 2.79 bits per heavy atom. The van der Waals surface area contributed by atoms with E-state index in [0.29, 0.717) is 6.10 Å². The molecule has 0 radical (unpaired) electrons. The van der Waals surface area contributed by atoms with E-state index in [9.17, 15) is 0 Å². The molecule has 0 amide bonds. The fourth-order valence-corrected chi connectivity index (χ4v) is 2.42. The van der Waals surface area contributed by atoms with E-state index >= 15 is 0 Å². The molecule has 14 heavy (non-hydrogen) atoms. The van der Waals surface area contributed by atoms with Gasteiger partial charge in [0.15, 0.2) is 5.79 Å². The zero-order valence-corrected chi connectivity index (χ0v) is 8.84. The molecule has 2 nitrogen and oxygen atoms in total. The van der Waals surface area contributed by atoms with Gasteiger partial charge >= 0.3 is 0 Å². The number of ether oxygens (including phenoxy) is 2. The van der Waals surface area contributed by atoms with Gasteiger partial charge in [-0.25, -0.2) is 0 Å². The average Bonchev–Trinajstić information content (AvgIpc) is 2.60. The van der Waals surface area contributed by atoms with Crippen molar-refractivity contribution >= 4 is 0 Å². The minimum absolute atomic E-state index is 0.190. The van der Waals surface area contributed by atoms with E-state index in [2.05, 4.69) is 6.58 Å². The summed E-state index contributed by atoms with van der Waals surface area (Å²) in [5, 5.41) is 0. The second kappa shape index (κ2) is 4.45. The van der Waals surface area contributed by atoms with E-state index in [0.717, 1.165) is 32.3 Å². The fraction of sp³-hybridized carbons (Fsp3) is 0.833. The van der Waals surface area contributed by atoms with Crippen LogP contribution in [0.5, 0.6) is 0 Å². The summed E-state index contributed by atoms with van der Waals surface area (Å²) in [5.41, 5.74) is 0. The molecule has 2 rings (SSSR count). The molecule has 1 spiro atoms. The van der Waals surface area contributed by atoms with Crippen LogP contribution in [-0.4, -0.2) is 18.5 Å². The maximum absolute atomic E-state index is 6.02. The quantitative estimate of drug-likeness (QED) is 0.646. The van der Waals surface area contributed by atoms with Crippen LogP contribution in [0.2, 0.25) is 0 Å². The van der Waals surface area contributed by atoms with Crippen molar-refractivity contribution in [3.05, 3.63) is 12.7 Å². The minimum Gasteiger partial charge on any atom is -0.347 e. The molecule has 2 heteroatoms. The minimum atomic E-state index is -0.190. The van der Waals surface area contributed by atoms with Crippen molar-refractivity contribution in [2.75, 3.05) is 6.61 Å². The Morgan fingerprint density at radius 2 is 2.07 bits per heavy atom. The summed E-state index contributed by atoms with van der Waals surface area (Å²) >= 11 is 0. The molecule has 1 aliphatic heterocycles. The molecular weight excluding hydrogens is 176 g/mol. The van der Waals surface area contributed by atoms with Crippen molar-refractivity contribution in [2.24, 2.45) is 0 Å². The smallest absolute Gasteiger partial charge is 0.168 e. The summed E-state index contributed by atoms with van der Waals surface area (Å²) in [6.07, 6.45) is 10.4. The fourth-order valence-electron chi connectivity index (χ4n) is 2.42. The van der Waals surface area contributed by atoms with Crippen LogP contribution in [0.1, 0.15) is 44.9 Å². The predicted octanol–water partition coefficient (Wildman–Crippen LogP) is 3.03. The first-order valence-electron chi connectivity index (χ1n) is 5.77. The maximum atomic E-state index is 6.02. The second-order valence-electron chi connectivity index (χ2n) is 4.39. The Kier molecular flexibility index (Phi) is 3.24. The zero-order chi connectivity index (χ0) is 9.86. The molecule has 2 fully saturated rings. The Labute approximate surface area is 86.3 Å². The van der Waals surface area contributed by atoms with Crippen LogP contribution in [0.15, 0.2) is 12.7 Å². The third-order valence-electron chi connectivity index (χ3n) is 3.22. The zero-order valence-electron chi connectivity index (χ0n) is 8.84. The molecule has 2 aliphatic rings. The van der Waals surface area contributed by atoms with E-state index in [1.807, 2.05) is 6.08 Å². The lowest BCUT2D eigenvalue weighted by molar-refractivity contribution is -0.187. The number of rotatable bonds is 3. The lowest BCUT2D eigenvalue weighted by Crippen LogP contribution is -2.33. The highest BCUT2D eigenvalue weighted by Gasteiger charge is 2.41. The molecule has 1 atom stereocenters. The van der Waals surface area contributed by atoms with Gasteiger partial charge < -0.3 is 9.47 Å².